The summed E-state index contributed by atoms with van der Waals surface area (Å²) < 4.78 is 4.63. The molecule has 84 valence electrons. The first kappa shape index (κ1) is 11.1. The van der Waals surface area contributed by atoms with Gasteiger partial charge in [-0.15, -0.1) is 0 Å². The van der Waals surface area contributed by atoms with Crippen LogP contribution in [0.1, 0.15) is 17.0 Å². The third kappa shape index (κ3) is 2.81. The van der Waals surface area contributed by atoms with Crippen LogP contribution in [0.4, 0.5) is 0 Å². The lowest BCUT2D eigenvalue weighted by Gasteiger charge is -2.05. The van der Waals surface area contributed by atoms with Crippen LogP contribution in [0.25, 0.3) is 0 Å². The van der Waals surface area contributed by atoms with Crippen LogP contribution in [0.2, 0.25) is 5.02 Å². The lowest BCUT2D eigenvalue weighted by atomic mass is 10.1. The average molecular weight is 238 g/mol. The molecule has 1 aromatic carbocycles. The van der Waals surface area contributed by atoms with E-state index < -0.39 is 0 Å². The van der Waals surface area contributed by atoms with Gasteiger partial charge in [-0.25, -0.2) is 0 Å². The molecule has 0 radical (unpaired) electrons. The highest BCUT2D eigenvalue weighted by Crippen LogP contribution is 2.17. The van der Waals surface area contributed by atoms with E-state index in [-0.39, 0.29) is 0 Å². The number of nitrogens with zero attached hydrogens (tertiary/aromatic N) is 2. The number of hydrogen-bond acceptors (Lipinski definition) is 4. The van der Waals surface area contributed by atoms with Crippen LogP contribution >= 0.6 is 11.6 Å². The molecule has 1 N–H and O–H groups in total. The SMILES string of the molecule is Cc1ccc(CNCc2ncon2)c(Cl)c1. The smallest absolute Gasteiger partial charge is 0.213 e. The minimum atomic E-state index is 0.570. The van der Waals surface area contributed by atoms with Gasteiger partial charge >= 0.3 is 0 Å². The minimum absolute atomic E-state index is 0.570. The van der Waals surface area contributed by atoms with Crippen molar-refractivity contribution in [1.82, 2.24) is 15.5 Å². The van der Waals surface area contributed by atoms with Gasteiger partial charge in [0.05, 0.1) is 6.54 Å². The first-order chi connectivity index (χ1) is 7.75. The number of rotatable bonds is 4. The maximum Gasteiger partial charge on any atom is 0.213 e. The Morgan fingerprint density at radius 1 is 1.38 bits per heavy atom. The third-order valence-corrected chi connectivity index (χ3v) is 2.57. The van der Waals surface area contributed by atoms with Crippen LogP contribution in [-0.2, 0) is 13.1 Å². The molecule has 0 bridgehead atoms. The van der Waals surface area contributed by atoms with Gasteiger partial charge in [-0.1, -0.05) is 28.9 Å². The molecule has 0 aliphatic carbocycles. The summed E-state index contributed by atoms with van der Waals surface area (Å²) in [5.41, 5.74) is 2.22. The average Bonchev–Trinajstić information content (AvgIpc) is 2.74. The molecule has 2 rings (SSSR count). The Labute approximate surface area is 98.6 Å². The quantitative estimate of drug-likeness (QED) is 0.887. The van der Waals surface area contributed by atoms with E-state index in [0.717, 1.165) is 16.1 Å². The summed E-state index contributed by atoms with van der Waals surface area (Å²) in [5.74, 6) is 0.642. The molecule has 0 amide bonds. The molecule has 2 aromatic rings. The fraction of sp³-hybridized carbons (Fsp3) is 0.273. The second kappa shape index (κ2) is 5.09. The predicted molar refractivity (Wildman–Crippen MR) is 61.0 cm³/mol. The van der Waals surface area contributed by atoms with E-state index in [1.807, 2.05) is 25.1 Å². The summed E-state index contributed by atoms with van der Waals surface area (Å²) in [6.45, 7) is 3.27. The second-order valence-electron chi connectivity index (χ2n) is 3.55. The molecule has 4 nitrogen and oxygen atoms in total. The molecule has 0 atom stereocenters. The molecule has 1 aromatic heterocycles. The summed E-state index contributed by atoms with van der Waals surface area (Å²) in [5, 5.41) is 7.68. The van der Waals surface area contributed by atoms with E-state index in [9.17, 15) is 0 Å². The predicted octanol–water partition coefficient (Wildman–Crippen LogP) is 2.32. The van der Waals surface area contributed by atoms with Gasteiger partial charge in [0, 0.05) is 11.6 Å². The molecule has 5 heteroatoms. The van der Waals surface area contributed by atoms with E-state index in [4.69, 9.17) is 11.6 Å². The molecule has 0 fully saturated rings. The van der Waals surface area contributed by atoms with Crippen LogP contribution in [0.15, 0.2) is 29.1 Å². The van der Waals surface area contributed by atoms with E-state index in [0.29, 0.717) is 18.9 Å². The number of aryl methyl sites for hydroxylation is 1. The fourth-order valence-corrected chi connectivity index (χ4v) is 1.68. The van der Waals surface area contributed by atoms with Crippen molar-refractivity contribution in [3.63, 3.8) is 0 Å². The zero-order valence-electron chi connectivity index (χ0n) is 8.90. The van der Waals surface area contributed by atoms with E-state index in [2.05, 4.69) is 20.0 Å². The highest BCUT2D eigenvalue weighted by atomic mass is 35.5. The number of hydrogen-bond donors (Lipinski definition) is 1. The second-order valence-corrected chi connectivity index (χ2v) is 3.95. The van der Waals surface area contributed by atoms with Gasteiger partial charge in [-0.2, -0.15) is 4.98 Å². The highest BCUT2D eigenvalue weighted by Gasteiger charge is 2.01. The monoisotopic (exact) mass is 237 g/mol. The normalized spacial score (nSPS) is 10.6. The zero-order valence-corrected chi connectivity index (χ0v) is 9.66. The summed E-state index contributed by atoms with van der Waals surface area (Å²) in [7, 11) is 0. The fourth-order valence-electron chi connectivity index (χ4n) is 1.37. The van der Waals surface area contributed by atoms with Gasteiger partial charge in [-0.3, -0.25) is 0 Å². The zero-order chi connectivity index (χ0) is 11.4. The third-order valence-electron chi connectivity index (χ3n) is 2.21. The van der Waals surface area contributed by atoms with Crippen molar-refractivity contribution >= 4 is 11.6 Å². The molecule has 0 aliphatic rings. The van der Waals surface area contributed by atoms with E-state index in [1.54, 1.807) is 0 Å². The Hall–Kier alpha value is -1.39. The van der Waals surface area contributed by atoms with Gasteiger partial charge in [0.15, 0.2) is 5.82 Å². The molecular weight excluding hydrogens is 226 g/mol. The standard InChI is InChI=1S/C11H12ClN3O/c1-8-2-3-9(10(12)4-8)5-13-6-11-14-7-16-15-11/h2-4,7,13H,5-6H2,1H3. The van der Waals surface area contributed by atoms with Crippen molar-refractivity contribution in [1.29, 1.82) is 0 Å². The van der Waals surface area contributed by atoms with Crippen molar-refractivity contribution in [2.45, 2.75) is 20.0 Å². The van der Waals surface area contributed by atoms with Gasteiger partial charge in [0.1, 0.15) is 0 Å². The van der Waals surface area contributed by atoms with Crippen LogP contribution in [0.5, 0.6) is 0 Å². The van der Waals surface area contributed by atoms with Gasteiger partial charge < -0.3 is 9.84 Å². The Kier molecular flexibility index (Phi) is 3.54. The van der Waals surface area contributed by atoms with Gasteiger partial charge in [0.2, 0.25) is 6.39 Å². The van der Waals surface area contributed by atoms with Crippen molar-refractivity contribution < 1.29 is 4.52 Å². The molecule has 1 heterocycles. The molecule has 0 saturated carbocycles. The molecule has 0 saturated heterocycles. The van der Waals surface area contributed by atoms with Gasteiger partial charge in [0.25, 0.3) is 0 Å². The number of nitrogens with one attached hydrogen (secondary N) is 1. The molecular formula is C11H12ClN3O. The summed E-state index contributed by atoms with van der Waals surface area (Å²) >= 11 is 6.10. The molecule has 0 aliphatic heterocycles. The number of benzene rings is 1. The van der Waals surface area contributed by atoms with E-state index >= 15 is 0 Å². The summed E-state index contributed by atoms with van der Waals surface area (Å²) in [6, 6.07) is 6.01. The van der Waals surface area contributed by atoms with Crippen LogP contribution < -0.4 is 5.32 Å². The van der Waals surface area contributed by atoms with Crippen molar-refractivity contribution in [3.05, 3.63) is 46.6 Å². The summed E-state index contributed by atoms with van der Waals surface area (Å²) in [4.78, 5) is 3.91. The van der Waals surface area contributed by atoms with Crippen LogP contribution in [0, 0.1) is 6.92 Å². The van der Waals surface area contributed by atoms with Crippen molar-refractivity contribution in [3.8, 4) is 0 Å². The topological polar surface area (TPSA) is 51.0 Å². The lowest BCUT2D eigenvalue weighted by molar-refractivity contribution is 0.407. The molecule has 16 heavy (non-hydrogen) atoms. The Morgan fingerprint density at radius 3 is 2.94 bits per heavy atom. The Balaban J connectivity index is 1.90. The Bertz CT molecular complexity index is 456. The van der Waals surface area contributed by atoms with Gasteiger partial charge in [-0.05, 0) is 24.1 Å². The minimum Gasteiger partial charge on any atom is -0.343 e. The molecule has 0 spiro atoms. The van der Waals surface area contributed by atoms with Crippen molar-refractivity contribution in [2.24, 2.45) is 0 Å². The first-order valence-electron chi connectivity index (χ1n) is 4.96. The maximum atomic E-state index is 6.10. The van der Waals surface area contributed by atoms with Crippen molar-refractivity contribution in [2.75, 3.05) is 0 Å². The summed E-state index contributed by atoms with van der Waals surface area (Å²) in [6.07, 6.45) is 1.32. The largest absolute Gasteiger partial charge is 0.343 e. The lowest BCUT2D eigenvalue weighted by Crippen LogP contribution is -2.13. The Morgan fingerprint density at radius 2 is 2.25 bits per heavy atom. The number of halogens is 1. The maximum absolute atomic E-state index is 6.10. The highest BCUT2D eigenvalue weighted by molar-refractivity contribution is 6.31. The first-order valence-corrected chi connectivity index (χ1v) is 5.34. The van der Waals surface area contributed by atoms with Crippen LogP contribution in [-0.4, -0.2) is 10.1 Å². The molecule has 0 unspecified atom stereocenters. The van der Waals surface area contributed by atoms with Crippen LogP contribution in [0.3, 0.4) is 0 Å². The van der Waals surface area contributed by atoms with E-state index in [1.165, 1.54) is 6.39 Å². The number of aromatic nitrogens is 2.